The minimum atomic E-state index is -0.904. The van der Waals surface area contributed by atoms with Gasteiger partial charge >= 0.3 is 5.97 Å². The van der Waals surface area contributed by atoms with Crippen LogP contribution in [0.25, 0.3) is 0 Å². The molecule has 0 saturated heterocycles. The third kappa shape index (κ3) is 2.94. The number of hydrogen-bond donors (Lipinski definition) is 3. The number of hydrogen-bond acceptors (Lipinski definition) is 3. The summed E-state index contributed by atoms with van der Waals surface area (Å²) in [6.07, 6.45) is 6.93. The summed E-state index contributed by atoms with van der Waals surface area (Å²) in [6.45, 7) is 0.265. The maximum Gasteiger partial charge on any atom is 0.307 e. The first-order valence-corrected chi connectivity index (χ1v) is 7.54. The topological polar surface area (TPSA) is 95.5 Å². The fraction of sp³-hybridized carbons (Fsp3) is 0.667. The molecule has 21 heavy (non-hydrogen) atoms. The summed E-state index contributed by atoms with van der Waals surface area (Å²) in [4.78, 5) is 35.1. The van der Waals surface area contributed by atoms with Crippen LogP contribution in [0, 0.1) is 23.7 Å². The Morgan fingerprint density at radius 3 is 2.38 bits per heavy atom. The zero-order valence-corrected chi connectivity index (χ0v) is 11.7. The number of amides is 2. The maximum absolute atomic E-state index is 12.2. The molecular weight excluding hydrogens is 272 g/mol. The van der Waals surface area contributed by atoms with Gasteiger partial charge < -0.3 is 15.7 Å². The van der Waals surface area contributed by atoms with Crippen molar-refractivity contribution in [1.29, 1.82) is 0 Å². The van der Waals surface area contributed by atoms with Crippen LogP contribution in [0.1, 0.15) is 25.7 Å². The molecule has 0 aromatic heterocycles. The second-order valence-corrected chi connectivity index (χ2v) is 6.22. The molecule has 3 N–H and O–H groups in total. The Bertz CT molecular complexity index is 498. The third-order valence-corrected chi connectivity index (χ3v) is 4.64. The van der Waals surface area contributed by atoms with Crippen molar-refractivity contribution in [3.63, 3.8) is 0 Å². The van der Waals surface area contributed by atoms with E-state index in [9.17, 15) is 19.5 Å². The highest BCUT2D eigenvalue weighted by molar-refractivity contribution is 5.87. The lowest BCUT2D eigenvalue weighted by Crippen LogP contribution is -2.41. The molecule has 0 heterocycles. The van der Waals surface area contributed by atoms with Gasteiger partial charge in [-0.15, -0.1) is 0 Å². The van der Waals surface area contributed by atoms with Gasteiger partial charge in [-0.05, 0) is 31.1 Å². The number of rotatable bonds is 6. The smallest absolute Gasteiger partial charge is 0.307 e. The van der Waals surface area contributed by atoms with E-state index in [1.54, 1.807) is 0 Å². The van der Waals surface area contributed by atoms with E-state index in [1.807, 2.05) is 12.2 Å². The third-order valence-electron chi connectivity index (χ3n) is 4.64. The number of carbonyl (C=O) groups excluding carboxylic acids is 2. The molecule has 0 aromatic rings. The van der Waals surface area contributed by atoms with Gasteiger partial charge in [0.05, 0.1) is 11.8 Å². The van der Waals surface area contributed by atoms with Crippen LogP contribution < -0.4 is 10.6 Å². The summed E-state index contributed by atoms with van der Waals surface area (Å²) in [7, 11) is 0. The van der Waals surface area contributed by atoms with Crippen molar-refractivity contribution >= 4 is 17.8 Å². The molecular formula is C15H20N2O4. The van der Waals surface area contributed by atoms with Crippen molar-refractivity contribution in [2.75, 3.05) is 6.54 Å². The quantitative estimate of drug-likeness (QED) is 0.613. The molecule has 0 spiro atoms. The average molecular weight is 292 g/mol. The Hall–Kier alpha value is -1.85. The molecule has 3 aliphatic rings. The number of aliphatic carboxylic acids is 1. The minimum Gasteiger partial charge on any atom is -0.481 e. The van der Waals surface area contributed by atoms with Crippen molar-refractivity contribution in [3.05, 3.63) is 12.2 Å². The molecule has 114 valence electrons. The molecule has 3 rings (SSSR count). The molecule has 2 saturated carbocycles. The van der Waals surface area contributed by atoms with E-state index >= 15 is 0 Å². The molecule has 4 atom stereocenters. The van der Waals surface area contributed by atoms with Crippen LogP contribution in [-0.4, -0.2) is 35.5 Å². The van der Waals surface area contributed by atoms with E-state index in [0.717, 1.165) is 19.3 Å². The zero-order chi connectivity index (χ0) is 15.0. The van der Waals surface area contributed by atoms with Crippen LogP contribution in [0.15, 0.2) is 12.2 Å². The SMILES string of the molecule is O=C(CCNC(=O)C1C2C=CC(C2)C1C(=O)O)NC1CC1. The highest BCUT2D eigenvalue weighted by Crippen LogP contribution is 2.48. The van der Waals surface area contributed by atoms with E-state index in [-0.39, 0.29) is 36.6 Å². The van der Waals surface area contributed by atoms with Gasteiger partial charge in [-0.1, -0.05) is 12.2 Å². The molecule has 3 aliphatic carbocycles. The summed E-state index contributed by atoms with van der Waals surface area (Å²) >= 11 is 0. The van der Waals surface area contributed by atoms with Gasteiger partial charge in [-0.3, -0.25) is 14.4 Å². The average Bonchev–Trinajstić information content (AvgIpc) is 3.01. The number of carboxylic acids is 1. The molecule has 2 bridgehead atoms. The van der Waals surface area contributed by atoms with Crippen molar-refractivity contribution in [2.24, 2.45) is 23.7 Å². The lowest BCUT2D eigenvalue weighted by atomic mass is 9.82. The Labute approximate surface area is 123 Å². The fourth-order valence-electron chi connectivity index (χ4n) is 3.46. The normalized spacial score (nSPS) is 33.0. The van der Waals surface area contributed by atoms with Gasteiger partial charge in [0.2, 0.25) is 11.8 Å². The van der Waals surface area contributed by atoms with Gasteiger partial charge in [0.15, 0.2) is 0 Å². The van der Waals surface area contributed by atoms with E-state index in [1.165, 1.54) is 0 Å². The van der Waals surface area contributed by atoms with E-state index in [4.69, 9.17) is 0 Å². The second kappa shape index (κ2) is 5.50. The second-order valence-electron chi connectivity index (χ2n) is 6.22. The highest BCUT2D eigenvalue weighted by atomic mass is 16.4. The van der Waals surface area contributed by atoms with Gasteiger partial charge in [0.1, 0.15) is 0 Å². The van der Waals surface area contributed by atoms with Gasteiger partial charge in [0.25, 0.3) is 0 Å². The molecule has 2 amide bonds. The lowest BCUT2D eigenvalue weighted by Gasteiger charge is -2.23. The molecule has 0 radical (unpaired) electrons. The number of carbonyl (C=O) groups is 3. The Balaban J connectivity index is 1.49. The van der Waals surface area contributed by atoms with Crippen LogP contribution in [-0.2, 0) is 14.4 Å². The zero-order valence-electron chi connectivity index (χ0n) is 11.7. The first-order chi connectivity index (χ1) is 10.1. The number of allylic oxidation sites excluding steroid dienone is 2. The molecule has 0 aliphatic heterocycles. The van der Waals surface area contributed by atoms with Gasteiger partial charge in [-0.2, -0.15) is 0 Å². The van der Waals surface area contributed by atoms with Crippen LogP contribution in [0.4, 0.5) is 0 Å². The van der Waals surface area contributed by atoms with Crippen molar-refractivity contribution in [2.45, 2.75) is 31.7 Å². The van der Waals surface area contributed by atoms with Crippen molar-refractivity contribution in [1.82, 2.24) is 10.6 Å². The van der Waals surface area contributed by atoms with Gasteiger partial charge in [0, 0.05) is 19.0 Å². The summed E-state index contributed by atoms with van der Waals surface area (Å²) < 4.78 is 0. The standard InChI is InChI=1S/C15H20N2O4/c18-11(17-10-3-4-10)5-6-16-14(19)12-8-1-2-9(7-8)13(12)15(20)21/h1-2,8-10,12-13H,3-7H2,(H,16,19)(H,17,18)(H,20,21). The van der Waals surface area contributed by atoms with E-state index < -0.39 is 17.8 Å². The molecule has 6 nitrogen and oxygen atoms in total. The largest absolute Gasteiger partial charge is 0.481 e. The fourth-order valence-corrected chi connectivity index (χ4v) is 3.46. The first kappa shape index (κ1) is 14.1. The number of carboxylic acid groups (broad SMARTS) is 1. The van der Waals surface area contributed by atoms with E-state index in [2.05, 4.69) is 10.6 Å². The molecule has 2 fully saturated rings. The van der Waals surface area contributed by atoms with Crippen molar-refractivity contribution < 1.29 is 19.5 Å². The van der Waals surface area contributed by atoms with Crippen molar-refractivity contribution in [3.8, 4) is 0 Å². The number of fused-ring (bicyclic) bond motifs is 2. The number of nitrogens with one attached hydrogen (secondary N) is 2. The summed E-state index contributed by atoms with van der Waals surface area (Å²) in [5.74, 6) is -2.32. The highest BCUT2D eigenvalue weighted by Gasteiger charge is 2.51. The Kier molecular flexibility index (Phi) is 3.69. The maximum atomic E-state index is 12.2. The summed E-state index contributed by atoms with van der Waals surface area (Å²) in [6, 6.07) is 0.320. The lowest BCUT2D eigenvalue weighted by molar-refractivity contribution is -0.147. The van der Waals surface area contributed by atoms with Crippen LogP contribution in [0.3, 0.4) is 0 Å². The Morgan fingerprint density at radius 1 is 1.10 bits per heavy atom. The molecule has 0 aromatic carbocycles. The predicted octanol–water partition coefficient (Wildman–Crippen LogP) is 0.294. The molecule has 6 heteroatoms. The first-order valence-electron chi connectivity index (χ1n) is 7.54. The van der Waals surface area contributed by atoms with Gasteiger partial charge in [-0.25, -0.2) is 0 Å². The monoisotopic (exact) mass is 292 g/mol. The summed E-state index contributed by atoms with van der Waals surface area (Å²) in [5.41, 5.74) is 0. The van der Waals surface area contributed by atoms with Crippen LogP contribution >= 0.6 is 0 Å². The molecule has 4 unspecified atom stereocenters. The van der Waals surface area contributed by atoms with Crippen LogP contribution in [0.2, 0.25) is 0 Å². The van der Waals surface area contributed by atoms with Crippen LogP contribution in [0.5, 0.6) is 0 Å². The Morgan fingerprint density at radius 2 is 1.76 bits per heavy atom. The van der Waals surface area contributed by atoms with E-state index in [0.29, 0.717) is 6.04 Å². The minimum absolute atomic E-state index is 0.0244. The predicted molar refractivity (Wildman–Crippen MR) is 74.1 cm³/mol. The summed E-state index contributed by atoms with van der Waals surface area (Å²) in [5, 5.41) is 14.9.